The maximum Gasteiger partial charge on any atom is 0.260 e. The zero-order valence-corrected chi connectivity index (χ0v) is 13.6. The summed E-state index contributed by atoms with van der Waals surface area (Å²) in [5.41, 5.74) is 1.50. The topological polar surface area (TPSA) is 58.6 Å². The van der Waals surface area contributed by atoms with Gasteiger partial charge in [-0.1, -0.05) is 12.1 Å². The Hall–Kier alpha value is -2.89. The molecule has 2 aromatic rings. The fraction of sp³-hybridized carbons (Fsp3) is 0.222. The van der Waals surface area contributed by atoms with Gasteiger partial charge in [0.2, 0.25) is 5.91 Å². The first-order chi connectivity index (χ1) is 11.4. The summed E-state index contributed by atoms with van der Waals surface area (Å²) in [6, 6.07) is 12.8. The first-order valence-corrected chi connectivity index (χ1v) is 7.43. The summed E-state index contributed by atoms with van der Waals surface area (Å²) in [6.07, 6.45) is 0. The molecule has 0 saturated heterocycles. The van der Waals surface area contributed by atoms with Gasteiger partial charge in [0.25, 0.3) is 5.91 Å². The Bertz CT molecular complexity index is 699. The average Bonchev–Trinajstić information content (AvgIpc) is 2.55. The molecule has 126 valence electrons. The van der Waals surface area contributed by atoms with Crippen LogP contribution in [0.25, 0.3) is 0 Å². The number of carbonyl (C=O) groups excluding carboxylic acids is 2. The zero-order chi connectivity index (χ0) is 17.5. The number of benzene rings is 2. The second-order valence-electron chi connectivity index (χ2n) is 5.37. The van der Waals surface area contributed by atoms with E-state index >= 15 is 0 Å². The highest BCUT2D eigenvalue weighted by Crippen LogP contribution is 2.15. The number of hydrogen-bond acceptors (Lipinski definition) is 3. The molecule has 0 atom stereocenters. The van der Waals surface area contributed by atoms with Crippen molar-refractivity contribution in [1.29, 1.82) is 0 Å². The Morgan fingerprint density at radius 1 is 1.08 bits per heavy atom. The van der Waals surface area contributed by atoms with Crippen molar-refractivity contribution in [3.05, 3.63) is 59.9 Å². The smallest absolute Gasteiger partial charge is 0.260 e. The standard InChI is InChI=1S/C18H19FN2O3/c1-13(22)20-16-7-9-17(10-8-16)24-12-18(23)21(2)11-14-3-5-15(19)6-4-14/h3-10H,11-12H2,1-2H3,(H,20,22). The van der Waals surface area contributed by atoms with Crippen molar-refractivity contribution in [3.8, 4) is 5.75 Å². The van der Waals surface area contributed by atoms with E-state index in [1.165, 1.54) is 24.0 Å². The summed E-state index contributed by atoms with van der Waals surface area (Å²) >= 11 is 0. The van der Waals surface area contributed by atoms with E-state index in [9.17, 15) is 14.0 Å². The van der Waals surface area contributed by atoms with Crippen molar-refractivity contribution in [2.45, 2.75) is 13.5 Å². The Kier molecular flexibility index (Phi) is 5.89. The van der Waals surface area contributed by atoms with Gasteiger partial charge in [0.05, 0.1) is 0 Å². The quantitative estimate of drug-likeness (QED) is 0.886. The third-order valence-electron chi connectivity index (χ3n) is 3.30. The molecule has 1 N–H and O–H groups in total. The van der Waals surface area contributed by atoms with E-state index in [4.69, 9.17) is 4.74 Å². The summed E-state index contributed by atoms with van der Waals surface area (Å²) in [4.78, 5) is 24.5. The highest BCUT2D eigenvalue weighted by atomic mass is 19.1. The van der Waals surface area contributed by atoms with Gasteiger partial charge in [-0.3, -0.25) is 9.59 Å². The summed E-state index contributed by atoms with van der Waals surface area (Å²) < 4.78 is 18.3. The maximum atomic E-state index is 12.9. The fourth-order valence-electron chi connectivity index (χ4n) is 2.04. The van der Waals surface area contributed by atoms with Gasteiger partial charge >= 0.3 is 0 Å². The predicted octanol–water partition coefficient (Wildman–Crippen LogP) is 2.82. The van der Waals surface area contributed by atoms with Crippen molar-refractivity contribution < 1.29 is 18.7 Å². The van der Waals surface area contributed by atoms with Crippen LogP contribution in [0.4, 0.5) is 10.1 Å². The van der Waals surface area contributed by atoms with E-state index in [-0.39, 0.29) is 24.2 Å². The van der Waals surface area contributed by atoms with Gasteiger partial charge in [0.15, 0.2) is 6.61 Å². The third kappa shape index (κ3) is 5.39. The number of nitrogens with zero attached hydrogens (tertiary/aromatic N) is 1. The molecule has 0 spiro atoms. The Labute approximate surface area is 140 Å². The molecule has 0 aliphatic heterocycles. The van der Waals surface area contributed by atoms with Crippen molar-refractivity contribution in [2.75, 3.05) is 19.0 Å². The first-order valence-electron chi connectivity index (χ1n) is 7.43. The zero-order valence-electron chi connectivity index (χ0n) is 13.6. The SMILES string of the molecule is CC(=O)Nc1ccc(OCC(=O)N(C)Cc2ccc(F)cc2)cc1. The van der Waals surface area contributed by atoms with E-state index in [0.717, 1.165) is 5.56 Å². The molecule has 0 aliphatic rings. The molecule has 0 radical (unpaired) electrons. The van der Waals surface area contributed by atoms with Crippen molar-refractivity contribution >= 4 is 17.5 Å². The molecule has 24 heavy (non-hydrogen) atoms. The molecule has 0 bridgehead atoms. The van der Waals surface area contributed by atoms with Crippen LogP contribution in [0.15, 0.2) is 48.5 Å². The summed E-state index contributed by atoms with van der Waals surface area (Å²) in [5.74, 6) is -0.113. The third-order valence-corrected chi connectivity index (χ3v) is 3.30. The minimum absolute atomic E-state index is 0.100. The number of hydrogen-bond donors (Lipinski definition) is 1. The molecular formula is C18H19FN2O3. The number of halogens is 1. The largest absolute Gasteiger partial charge is 0.484 e. The summed E-state index contributed by atoms with van der Waals surface area (Å²) in [5, 5.41) is 2.65. The van der Waals surface area contributed by atoms with Gasteiger partial charge in [0, 0.05) is 26.2 Å². The highest BCUT2D eigenvalue weighted by Gasteiger charge is 2.10. The van der Waals surface area contributed by atoms with Crippen LogP contribution in [0.2, 0.25) is 0 Å². The van der Waals surface area contributed by atoms with Crippen LogP contribution in [-0.2, 0) is 16.1 Å². The number of carbonyl (C=O) groups is 2. The molecule has 0 saturated carbocycles. The molecule has 5 nitrogen and oxygen atoms in total. The van der Waals surface area contributed by atoms with Crippen LogP contribution < -0.4 is 10.1 Å². The maximum absolute atomic E-state index is 12.9. The van der Waals surface area contributed by atoms with Crippen LogP contribution in [0.5, 0.6) is 5.75 Å². The van der Waals surface area contributed by atoms with E-state index in [0.29, 0.717) is 18.0 Å². The molecule has 0 fully saturated rings. The number of nitrogens with one attached hydrogen (secondary N) is 1. The van der Waals surface area contributed by atoms with E-state index in [1.807, 2.05) is 0 Å². The minimum Gasteiger partial charge on any atom is -0.484 e. The molecule has 0 heterocycles. The molecule has 2 aromatic carbocycles. The van der Waals surface area contributed by atoms with Gasteiger partial charge in [-0.15, -0.1) is 0 Å². The predicted molar refractivity (Wildman–Crippen MR) is 89.1 cm³/mol. The summed E-state index contributed by atoms with van der Waals surface area (Å²) in [6.45, 7) is 1.71. The molecule has 0 aliphatic carbocycles. The lowest BCUT2D eigenvalue weighted by atomic mass is 10.2. The van der Waals surface area contributed by atoms with E-state index in [1.54, 1.807) is 43.4 Å². The molecule has 6 heteroatoms. The van der Waals surface area contributed by atoms with Gasteiger partial charge < -0.3 is 15.0 Å². The minimum atomic E-state index is -0.307. The molecule has 2 rings (SSSR count). The average molecular weight is 330 g/mol. The highest BCUT2D eigenvalue weighted by molar-refractivity contribution is 5.88. The van der Waals surface area contributed by atoms with Crippen LogP contribution in [-0.4, -0.2) is 30.4 Å². The Morgan fingerprint density at radius 3 is 2.29 bits per heavy atom. The van der Waals surface area contributed by atoms with E-state index in [2.05, 4.69) is 5.32 Å². The number of amides is 2. The van der Waals surface area contributed by atoms with Gasteiger partial charge in [-0.05, 0) is 42.0 Å². The van der Waals surface area contributed by atoms with Gasteiger partial charge in [-0.2, -0.15) is 0 Å². The lowest BCUT2D eigenvalue weighted by Gasteiger charge is -2.17. The summed E-state index contributed by atoms with van der Waals surface area (Å²) in [7, 11) is 1.66. The normalized spacial score (nSPS) is 10.1. The molecule has 0 unspecified atom stereocenters. The molecular weight excluding hydrogens is 311 g/mol. The molecule has 2 amide bonds. The van der Waals surface area contributed by atoms with Crippen molar-refractivity contribution in [3.63, 3.8) is 0 Å². The van der Waals surface area contributed by atoms with Crippen LogP contribution in [0.1, 0.15) is 12.5 Å². The molecule has 0 aromatic heterocycles. The fourth-order valence-corrected chi connectivity index (χ4v) is 2.04. The second-order valence-corrected chi connectivity index (χ2v) is 5.37. The van der Waals surface area contributed by atoms with Gasteiger partial charge in [0.1, 0.15) is 11.6 Å². The van der Waals surface area contributed by atoms with Gasteiger partial charge in [-0.25, -0.2) is 4.39 Å². The lowest BCUT2D eigenvalue weighted by Crippen LogP contribution is -2.30. The van der Waals surface area contributed by atoms with Crippen LogP contribution >= 0.6 is 0 Å². The van der Waals surface area contributed by atoms with Crippen LogP contribution in [0.3, 0.4) is 0 Å². The Morgan fingerprint density at radius 2 is 1.71 bits per heavy atom. The number of anilines is 1. The Balaban J connectivity index is 1.83. The van der Waals surface area contributed by atoms with Crippen LogP contribution in [0, 0.1) is 5.82 Å². The van der Waals surface area contributed by atoms with Crippen molar-refractivity contribution in [2.24, 2.45) is 0 Å². The monoisotopic (exact) mass is 330 g/mol. The second kappa shape index (κ2) is 8.10. The number of rotatable bonds is 6. The first kappa shape index (κ1) is 17.5. The lowest BCUT2D eigenvalue weighted by molar-refractivity contribution is -0.132. The van der Waals surface area contributed by atoms with Crippen molar-refractivity contribution in [1.82, 2.24) is 4.90 Å². The number of likely N-dealkylation sites (N-methyl/N-ethyl adjacent to an activating group) is 1. The number of ether oxygens (including phenoxy) is 1. The van der Waals surface area contributed by atoms with E-state index < -0.39 is 0 Å².